The van der Waals surface area contributed by atoms with Crippen molar-refractivity contribution in [2.75, 3.05) is 17.7 Å². The van der Waals surface area contributed by atoms with Gasteiger partial charge in [0.25, 0.3) is 11.8 Å². The van der Waals surface area contributed by atoms with Gasteiger partial charge < -0.3 is 19.9 Å². The van der Waals surface area contributed by atoms with Crippen LogP contribution in [0.3, 0.4) is 0 Å². The first kappa shape index (κ1) is 28.2. The highest BCUT2D eigenvalue weighted by Gasteiger charge is 2.54. The molecule has 2 atom stereocenters. The molecule has 0 bridgehead atoms. The van der Waals surface area contributed by atoms with Gasteiger partial charge in [-0.25, -0.2) is 14.6 Å². The highest BCUT2D eigenvalue weighted by Crippen LogP contribution is 2.40. The predicted octanol–water partition coefficient (Wildman–Crippen LogP) is 2.59. The van der Waals surface area contributed by atoms with Crippen molar-refractivity contribution in [3.05, 3.63) is 28.4 Å². The third-order valence-corrected chi connectivity index (χ3v) is 7.12. The number of thiazole rings is 1. The topological polar surface area (TPSA) is 164 Å². The van der Waals surface area contributed by atoms with Gasteiger partial charge in [0.1, 0.15) is 29.3 Å². The zero-order chi connectivity index (χ0) is 27.5. The van der Waals surface area contributed by atoms with Crippen LogP contribution in [0.1, 0.15) is 46.7 Å². The Morgan fingerprint density at radius 1 is 1.30 bits per heavy atom. The first-order chi connectivity index (χ1) is 17.3. The molecule has 2 aliphatic heterocycles. The number of ether oxygens (including phenoxy) is 2. The number of aliphatic carboxylic acids is 1. The molecule has 1 fully saturated rings. The van der Waals surface area contributed by atoms with E-state index in [2.05, 4.69) is 15.6 Å². The summed E-state index contributed by atoms with van der Waals surface area (Å²) in [7, 11) is 0. The standard InChI is InChI=1S/C23H28N4O8S2/c1-6-7-13(14-10-37-21(24-14)26-22(33)35-23(3,4)5)17(29)25-15-18(30)27-16(20(31)32)12(8-34-11(2)28)9-36-19(15)27/h7,10,15,19H,6,8-9H2,1-5H3,(H,25,29)(H,31,32)(H,24,26,33)/b13-7-/t15-,19-/m1/s1. The summed E-state index contributed by atoms with van der Waals surface area (Å²) in [5.41, 5.74) is -0.0878. The number of aromatic nitrogens is 1. The Balaban J connectivity index is 1.72. The van der Waals surface area contributed by atoms with Crippen LogP contribution < -0.4 is 10.6 Å². The fourth-order valence-corrected chi connectivity index (χ4v) is 5.59. The number of amides is 3. The van der Waals surface area contributed by atoms with Gasteiger partial charge in [0.05, 0.1) is 11.3 Å². The average molecular weight is 553 g/mol. The predicted molar refractivity (Wildman–Crippen MR) is 137 cm³/mol. The van der Waals surface area contributed by atoms with Crippen molar-refractivity contribution in [2.24, 2.45) is 0 Å². The smallest absolute Gasteiger partial charge is 0.413 e. The van der Waals surface area contributed by atoms with Gasteiger partial charge in [0.2, 0.25) is 0 Å². The van der Waals surface area contributed by atoms with Crippen LogP contribution in [0.15, 0.2) is 22.7 Å². The van der Waals surface area contributed by atoms with E-state index in [0.29, 0.717) is 17.7 Å². The van der Waals surface area contributed by atoms with Crippen molar-refractivity contribution in [3.63, 3.8) is 0 Å². The van der Waals surface area contributed by atoms with Gasteiger partial charge in [-0.3, -0.25) is 24.6 Å². The van der Waals surface area contributed by atoms with Crippen LogP contribution in [-0.4, -0.2) is 74.2 Å². The van der Waals surface area contributed by atoms with Crippen molar-refractivity contribution in [2.45, 2.75) is 58.1 Å². The minimum Gasteiger partial charge on any atom is -0.477 e. The molecule has 0 saturated carbocycles. The Morgan fingerprint density at radius 2 is 2.00 bits per heavy atom. The summed E-state index contributed by atoms with van der Waals surface area (Å²) < 4.78 is 10.1. The van der Waals surface area contributed by atoms with Crippen LogP contribution in [0.4, 0.5) is 9.93 Å². The quantitative estimate of drug-likeness (QED) is 0.248. The lowest BCUT2D eigenvalue weighted by Gasteiger charge is -2.49. The van der Waals surface area contributed by atoms with Gasteiger partial charge >= 0.3 is 18.0 Å². The summed E-state index contributed by atoms with van der Waals surface area (Å²) in [6, 6.07) is -0.944. The molecular weight excluding hydrogens is 524 g/mol. The maximum absolute atomic E-state index is 13.1. The lowest BCUT2D eigenvalue weighted by molar-refractivity contribution is -0.150. The molecule has 1 aromatic rings. The second-order valence-electron chi connectivity index (χ2n) is 9.09. The lowest BCUT2D eigenvalue weighted by atomic mass is 10.0. The maximum Gasteiger partial charge on any atom is 0.413 e. The van der Waals surface area contributed by atoms with Gasteiger partial charge in [0.15, 0.2) is 5.13 Å². The number of nitrogens with zero attached hydrogens (tertiary/aromatic N) is 2. The number of carbonyl (C=O) groups excluding carboxylic acids is 4. The molecule has 0 aliphatic carbocycles. The molecular formula is C23H28N4O8S2. The third-order valence-electron chi connectivity index (χ3n) is 5.03. The Kier molecular flexibility index (Phi) is 8.64. The number of β-lactam (4-membered cyclic amide) rings is 1. The number of fused-ring (bicyclic) bond motifs is 1. The van der Waals surface area contributed by atoms with Gasteiger partial charge in [-0.2, -0.15) is 0 Å². The second kappa shape index (κ2) is 11.3. The zero-order valence-corrected chi connectivity index (χ0v) is 22.6. The molecule has 3 N–H and O–H groups in total. The van der Waals surface area contributed by atoms with Crippen molar-refractivity contribution < 1.29 is 38.6 Å². The fraction of sp³-hybridized carbons (Fsp3) is 0.478. The number of anilines is 1. The van der Waals surface area contributed by atoms with Crippen LogP contribution in [-0.2, 0) is 28.7 Å². The number of hydrogen-bond acceptors (Lipinski definition) is 10. The summed E-state index contributed by atoms with van der Waals surface area (Å²) in [6.07, 6.45) is 1.48. The molecule has 1 saturated heterocycles. The zero-order valence-electron chi connectivity index (χ0n) is 20.9. The first-order valence-corrected chi connectivity index (χ1v) is 13.3. The summed E-state index contributed by atoms with van der Waals surface area (Å²) in [5.74, 6) is -2.79. The Bertz CT molecular complexity index is 1180. The van der Waals surface area contributed by atoms with E-state index < -0.39 is 46.9 Å². The van der Waals surface area contributed by atoms with Crippen LogP contribution in [0.5, 0.6) is 0 Å². The lowest BCUT2D eigenvalue weighted by Crippen LogP contribution is -2.70. The number of esters is 1. The van der Waals surface area contributed by atoms with Crippen LogP contribution in [0.2, 0.25) is 0 Å². The highest BCUT2D eigenvalue weighted by molar-refractivity contribution is 8.00. The van der Waals surface area contributed by atoms with Crippen LogP contribution in [0.25, 0.3) is 5.57 Å². The van der Waals surface area contributed by atoms with Gasteiger partial charge in [-0.1, -0.05) is 13.0 Å². The fourth-order valence-electron chi connectivity index (χ4n) is 3.57. The summed E-state index contributed by atoms with van der Waals surface area (Å²) in [5, 5.41) is 16.1. The second-order valence-corrected chi connectivity index (χ2v) is 11.1. The van der Waals surface area contributed by atoms with Gasteiger partial charge in [0, 0.05) is 23.6 Å². The minimum atomic E-state index is -1.32. The molecule has 3 rings (SSSR count). The van der Waals surface area contributed by atoms with E-state index in [1.165, 1.54) is 18.7 Å². The number of carboxylic acids is 1. The molecule has 3 heterocycles. The van der Waals surface area contributed by atoms with E-state index in [0.717, 1.165) is 16.2 Å². The molecule has 0 aromatic carbocycles. The molecule has 0 unspecified atom stereocenters. The first-order valence-electron chi connectivity index (χ1n) is 11.3. The van der Waals surface area contributed by atoms with Crippen molar-refractivity contribution in [1.29, 1.82) is 0 Å². The van der Waals surface area contributed by atoms with Crippen LogP contribution in [0, 0.1) is 0 Å². The molecule has 0 spiro atoms. The average Bonchev–Trinajstić information content (AvgIpc) is 3.24. The van der Waals surface area contributed by atoms with Crippen LogP contribution >= 0.6 is 23.1 Å². The number of allylic oxidation sites excluding steroid dienone is 1. The third kappa shape index (κ3) is 6.68. The normalized spacial score (nSPS) is 19.5. The molecule has 14 heteroatoms. The number of hydrogen-bond donors (Lipinski definition) is 3. The van der Waals surface area contributed by atoms with Crippen molar-refractivity contribution in [3.8, 4) is 0 Å². The maximum atomic E-state index is 13.1. The van der Waals surface area contributed by atoms with Crippen molar-refractivity contribution >= 4 is 63.6 Å². The van der Waals surface area contributed by atoms with E-state index in [9.17, 15) is 29.1 Å². The highest BCUT2D eigenvalue weighted by atomic mass is 32.2. The molecule has 12 nitrogen and oxygen atoms in total. The molecule has 200 valence electrons. The number of nitrogens with one attached hydrogen (secondary N) is 2. The Labute approximate surface area is 221 Å². The number of rotatable bonds is 8. The van der Waals surface area contributed by atoms with Gasteiger partial charge in [-0.15, -0.1) is 23.1 Å². The summed E-state index contributed by atoms with van der Waals surface area (Å²) in [6.45, 7) is 8.01. The Morgan fingerprint density at radius 3 is 2.59 bits per heavy atom. The minimum absolute atomic E-state index is 0.215. The molecule has 2 aliphatic rings. The van der Waals surface area contributed by atoms with E-state index in [4.69, 9.17) is 9.47 Å². The monoisotopic (exact) mass is 552 g/mol. The number of carbonyl (C=O) groups is 5. The number of carboxylic acid groups (broad SMARTS) is 1. The molecule has 0 radical (unpaired) electrons. The number of thioether (sulfide) groups is 1. The van der Waals surface area contributed by atoms with E-state index in [-0.39, 0.29) is 28.8 Å². The largest absolute Gasteiger partial charge is 0.477 e. The molecule has 1 aromatic heterocycles. The summed E-state index contributed by atoms with van der Waals surface area (Å²) >= 11 is 2.38. The van der Waals surface area contributed by atoms with E-state index >= 15 is 0 Å². The van der Waals surface area contributed by atoms with E-state index in [1.807, 2.05) is 6.92 Å². The summed E-state index contributed by atoms with van der Waals surface area (Å²) in [4.78, 5) is 66.5. The molecule has 3 amide bonds. The van der Waals surface area contributed by atoms with E-state index in [1.54, 1.807) is 32.2 Å². The van der Waals surface area contributed by atoms with Crippen molar-refractivity contribution in [1.82, 2.24) is 15.2 Å². The van der Waals surface area contributed by atoms with Gasteiger partial charge in [-0.05, 0) is 27.2 Å². The molecule has 37 heavy (non-hydrogen) atoms. The SMILES string of the molecule is CC/C=C(\C(=O)N[C@@H]1C(=O)N2C(C(=O)O)=C(COC(C)=O)CS[C@H]12)c1csc(NC(=O)OC(C)(C)C)n1. The Hall–Kier alpha value is -3.39.